The third-order valence-electron chi connectivity index (χ3n) is 2.74. The summed E-state index contributed by atoms with van der Waals surface area (Å²) >= 11 is 0. The van der Waals surface area contributed by atoms with Crippen molar-refractivity contribution in [2.24, 2.45) is 5.73 Å². The Morgan fingerprint density at radius 1 is 1.53 bits per heavy atom. The Balaban J connectivity index is 2.44. The molecular formula is C11H14FN3. The fraction of sp³-hybridized carbons (Fsp3) is 0.364. The number of benzene rings is 1. The van der Waals surface area contributed by atoms with Gasteiger partial charge in [0.05, 0.1) is 11.3 Å². The maximum Gasteiger partial charge on any atom is 0.136 e. The van der Waals surface area contributed by atoms with E-state index in [0.29, 0.717) is 11.7 Å². The van der Waals surface area contributed by atoms with Gasteiger partial charge in [0.2, 0.25) is 0 Å². The number of nitrogens with zero attached hydrogens (tertiary/aromatic N) is 1. The van der Waals surface area contributed by atoms with Crippen LogP contribution in [0.5, 0.6) is 0 Å². The summed E-state index contributed by atoms with van der Waals surface area (Å²) in [5, 5.41) is 7.38. The number of hydrogen-bond donors (Lipinski definition) is 2. The first kappa shape index (κ1) is 9.96. The van der Waals surface area contributed by atoms with E-state index in [1.807, 2.05) is 11.9 Å². The predicted molar refractivity (Wildman–Crippen MR) is 58.8 cm³/mol. The third kappa shape index (κ3) is 1.79. The van der Waals surface area contributed by atoms with E-state index >= 15 is 0 Å². The van der Waals surface area contributed by atoms with Crippen LogP contribution in [0.4, 0.5) is 10.1 Å². The summed E-state index contributed by atoms with van der Waals surface area (Å²) < 4.78 is 13.5. The first-order chi connectivity index (χ1) is 7.11. The Morgan fingerprint density at radius 2 is 2.20 bits per heavy atom. The maximum atomic E-state index is 13.5. The lowest BCUT2D eigenvalue weighted by Gasteiger charge is -2.21. The van der Waals surface area contributed by atoms with E-state index in [0.717, 1.165) is 12.8 Å². The molecule has 80 valence electrons. The van der Waals surface area contributed by atoms with Gasteiger partial charge in [0.25, 0.3) is 0 Å². The van der Waals surface area contributed by atoms with E-state index in [-0.39, 0.29) is 11.4 Å². The Hall–Kier alpha value is -1.58. The molecule has 0 atom stereocenters. The van der Waals surface area contributed by atoms with Crippen molar-refractivity contribution >= 4 is 11.5 Å². The zero-order chi connectivity index (χ0) is 11.0. The summed E-state index contributed by atoms with van der Waals surface area (Å²) in [4.78, 5) is 2.00. The molecule has 3 nitrogen and oxygen atoms in total. The minimum atomic E-state index is -0.424. The van der Waals surface area contributed by atoms with Gasteiger partial charge in [-0.15, -0.1) is 0 Å². The zero-order valence-electron chi connectivity index (χ0n) is 8.63. The number of anilines is 1. The highest BCUT2D eigenvalue weighted by molar-refractivity contribution is 6.00. The van der Waals surface area contributed by atoms with Crippen LogP contribution in [0.1, 0.15) is 18.4 Å². The van der Waals surface area contributed by atoms with E-state index in [1.165, 1.54) is 6.07 Å². The second-order valence-corrected chi connectivity index (χ2v) is 3.89. The van der Waals surface area contributed by atoms with Gasteiger partial charge in [-0.05, 0) is 25.0 Å². The van der Waals surface area contributed by atoms with Crippen molar-refractivity contribution in [3.05, 3.63) is 29.6 Å². The fourth-order valence-corrected chi connectivity index (χ4v) is 1.73. The SMILES string of the molecule is CN(c1cccc(F)c1C(=N)N)C1CC1. The molecule has 0 bridgehead atoms. The van der Waals surface area contributed by atoms with Crippen LogP contribution in [0.15, 0.2) is 18.2 Å². The van der Waals surface area contributed by atoms with Crippen molar-refractivity contribution in [1.29, 1.82) is 5.41 Å². The van der Waals surface area contributed by atoms with Gasteiger partial charge in [-0.25, -0.2) is 4.39 Å². The van der Waals surface area contributed by atoms with Crippen LogP contribution in [0.3, 0.4) is 0 Å². The van der Waals surface area contributed by atoms with Crippen LogP contribution in [0.2, 0.25) is 0 Å². The van der Waals surface area contributed by atoms with Crippen LogP contribution >= 0.6 is 0 Å². The summed E-state index contributed by atoms with van der Waals surface area (Å²) in [7, 11) is 1.92. The molecule has 3 N–H and O–H groups in total. The molecule has 2 rings (SSSR count). The molecule has 0 saturated heterocycles. The Kier molecular flexibility index (Phi) is 2.34. The molecule has 0 aromatic heterocycles. The molecule has 0 radical (unpaired) electrons. The quantitative estimate of drug-likeness (QED) is 0.585. The van der Waals surface area contributed by atoms with Crippen molar-refractivity contribution in [3.8, 4) is 0 Å². The monoisotopic (exact) mass is 207 g/mol. The van der Waals surface area contributed by atoms with Crippen molar-refractivity contribution < 1.29 is 4.39 Å². The average Bonchev–Trinajstić information content (AvgIpc) is 2.98. The van der Waals surface area contributed by atoms with Crippen LogP contribution in [-0.4, -0.2) is 18.9 Å². The molecule has 1 aliphatic carbocycles. The molecule has 1 aromatic carbocycles. The molecule has 1 aliphatic rings. The minimum absolute atomic E-state index is 0.212. The highest BCUT2D eigenvalue weighted by Crippen LogP contribution is 2.32. The predicted octanol–water partition coefficient (Wildman–Crippen LogP) is 1.71. The maximum absolute atomic E-state index is 13.5. The van der Waals surface area contributed by atoms with Crippen molar-refractivity contribution in [1.82, 2.24) is 0 Å². The second-order valence-electron chi connectivity index (χ2n) is 3.89. The summed E-state index contributed by atoms with van der Waals surface area (Å²) in [6, 6.07) is 5.26. The van der Waals surface area contributed by atoms with Crippen molar-refractivity contribution in [2.75, 3.05) is 11.9 Å². The van der Waals surface area contributed by atoms with Gasteiger partial charge >= 0.3 is 0 Å². The highest BCUT2D eigenvalue weighted by atomic mass is 19.1. The van der Waals surface area contributed by atoms with E-state index in [1.54, 1.807) is 12.1 Å². The lowest BCUT2D eigenvalue weighted by Crippen LogP contribution is -2.25. The fourth-order valence-electron chi connectivity index (χ4n) is 1.73. The Morgan fingerprint density at radius 3 is 2.73 bits per heavy atom. The van der Waals surface area contributed by atoms with Crippen LogP contribution < -0.4 is 10.6 Å². The zero-order valence-corrected chi connectivity index (χ0v) is 8.63. The first-order valence-electron chi connectivity index (χ1n) is 4.97. The molecule has 1 saturated carbocycles. The topological polar surface area (TPSA) is 53.1 Å². The van der Waals surface area contributed by atoms with Gasteiger partial charge < -0.3 is 10.6 Å². The Labute approximate surface area is 88.2 Å². The molecule has 0 spiro atoms. The molecule has 4 heteroatoms. The minimum Gasteiger partial charge on any atom is -0.384 e. The summed E-state index contributed by atoms with van der Waals surface area (Å²) in [5.74, 6) is -0.636. The highest BCUT2D eigenvalue weighted by Gasteiger charge is 2.28. The molecule has 0 unspecified atom stereocenters. The van der Waals surface area contributed by atoms with E-state index in [4.69, 9.17) is 11.1 Å². The summed E-state index contributed by atoms with van der Waals surface area (Å²) in [6.45, 7) is 0. The number of nitrogens with one attached hydrogen (secondary N) is 1. The normalized spacial score (nSPS) is 15.1. The number of nitrogens with two attached hydrogens (primary N) is 1. The van der Waals surface area contributed by atoms with Crippen LogP contribution in [0, 0.1) is 11.2 Å². The Bertz CT molecular complexity index is 399. The summed E-state index contributed by atoms with van der Waals surface area (Å²) in [6.07, 6.45) is 2.26. The largest absolute Gasteiger partial charge is 0.384 e. The number of halogens is 1. The van der Waals surface area contributed by atoms with E-state index < -0.39 is 5.82 Å². The van der Waals surface area contributed by atoms with Gasteiger partial charge in [0.15, 0.2) is 0 Å². The number of hydrogen-bond acceptors (Lipinski definition) is 2. The van der Waals surface area contributed by atoms with Gasteiger partial charge in [-0.3, -0.25) is 5.41 Å². The van der Waals surface area contributed by atoms with Crippen LogP contribution in [-0.2, 0) is 0 Å². The molecule has 0 amide bonds. The molecule has 15 heavy (non-hydrogen) atoms. The molecular weight excluding hydrogens is 193 g/mol. The molecule has 1 aromatic rings. The molecule has 0 aliphatic heterocycles. The third-order valence-corrected chi connectivity index (χ3v) is 2.74. The van der Waals surface area contributed by atoms with Crippen molar-refractivity contribution in [2.45, 2.75) is 18.9 Å². The molecule has 1 fully saturated rings. The van der Waals surface area contributed by atoms with E-state index in [2.05, 4.69) is 0 Å². The van der Waals surface area contributed by atoms with Gasteiger partial charge in [0.1, 0.15) is 11.7 Å². The average molecular weight is 207 g/mol. The summed E-state index contributed by atoms with van der Waals surface area (Å²) in [5.41, 5.74) is 6.32. The lowest BCUT2D eigenvalue weighted by atomic mass is 10.1. The number of nitrogen functional groups attached to an aromatic ring is 1. The van der Waals surface area contributed by atoms with Gasteiger partial charge in [-0.2, -0.15) is 0 Å². The van der Waals surface area contributed by atoms with Crippen molar-refractivity contribution in [3.63, 3.8) is 0 Å². The van der Waals surface area contributed by atoms with Gasteiger partial charge in [0, 0.05) is 13.1 Å². The van der Waals surface area contributed by atoms with Gasteiger partial charge in [-0.1, -0.05) is 6.07 Å². The number of amidine groups is 1. The van der Waals surface area contributed by atoms with Crippen LogP contribution in [0.25, 0.3) is 0 Å². The first-order valence-corrected chi connectivity index (χ1v) is 4.97. The smallest absolute Gasteiger partial charge is 0.136 e. The van der Waals surface area contributed by atoms with E-state index in [9.17, 15) is 4.39 Å². The second kappa shape index (κ2) is 3.53. The standard InChI is InChI=1S/C11H14FN3/c1-15(7-5-6-7)9-4-2-3-8(12)10(9)11(13)14/h2-4,7H,5-6H2,1H3,(H3,13,14). The molecule has 0 heterocycles. The lowest BCUT2D eigenvalue weighted by molar-refractivity contribution is 0.624. The number of rotatable bonds is 3.